The SMILES string of the molecule is Cc1nc2ccc(OC[C@H](N)Cc3ccccc3)c(C(=O)O)c2o1.Cl. The zero-order valence-corrected chi connectivity index (χ0v) is 14.5. The summed E-state index contributed by atoms with van der Waals surface area (Å²) in [5.41, 5.74) is 7.87. The van der Waals surface area contributed by atoms with E-state index in [1.165, 1.54) is 0 Å². The van der Waals surface area contributed by atoms with Gasteiger partial charge in [-0.1, -0.05) is 30.3 Å². The number of carbonyl (C=O) groups is 1. The first-order valence-corrected chi connectivity index (χ1v) is 7.60. The number of carboxylic acids is 1. The lowest BCUT2D eigenvalue weighted by molar-refractivity contribution is 0.0693. The van der Waals surface area contributed by atoms with Gasteiger partial charge in [0.15, 0.2) is 11.5 Å². The third-order valence-electron chi connectivity index (χ3n) is 3.63. The topological polar surface area (TPSA) is 98.6 Å². The molecule has 0 spiro atoms. The number of aromatic nitrogens is 1. The van der Waals surface area contributed by atoms with E-state index in [1.807, 2.05) is 30.3 Å². The molecule has 0 aliphatic heterocycles. The second-order valence-electron chi connectivity index (χ2n) is 5.59. The molecule has 0 aliphatic rings. The molecule has 3 rings (SSSR count). The molecule has 3 N–H and O–H groups in total. The molecule has 0 bridgehead atoms. The van der Waals surface area contributed by atoms with Gasteiger partial charge in [-0.2, -0.15) is 0 Å². The number of halogens is 1. The maximum Gasteiger partial charge on any atom is 0.343 e. The van der Waals surface area contributed by atoms with E-state index in [0.717, 1.165) is 5.56 Å². The number of benzene rings is 2. The summed E-state index contributed by atoms with van der Waals surface area (Å²) in [6.07, 6.45) is 0.646. The molecule has 0 amide bonds. The summed E-state index contributed by atoms with van der Waals surface area (Å²) in [5, 5.41) is 9.47. The Labute approximate surface area is 151 Å². The van der Waals surface area contributed by atoms with Crippen LogP contribution in [-0.4, -0.2) is 28.7 Å². The fourth-order valence-corrected chi connectivity index (χ4v) is 2.58. The number of oxazole rings is 1. The molecule has 0 saturated carbocycles. The Morgan fingerprint density at radius 2 is 2.00 bits per heavy atom. The summed E-state index contributed by atoms with van der Waals surface area (Å²) in [6, 6.07) is 12.8. The van der Waals surface area contributed by atoms with Crippen molar-refractivity contribution in [1.82, 2.24) is 4.98 Å². The van der Waals surface area contributed by atoms with Crippen molar-refractivity contribution in [2.75, 3.05) is 6.61 Å². The van der Waals surface area contributed by atoms with Gasteiger partial charge >= 0.3 is 5.97 Å². The number of carboxylic acid groups (broad SMARTS) is 1. The van der Waals surface area contributed by atoms with Gasteiger partial charge in [-0.05, 0) is 24.1 Å². The van der Waals surface area contributed by atoms with Crippen molar-refractivity contribution in [1.29, 1.82) is 0 Å². The van der Waals surface area contributed by atoms with Gasteiger partial charge in [-0.15, -0.1) is 12.4 Å². The van der Waals surface area contributed by atoms with Crippen molar-refractivity contribution in [3.63, 3.8) is 0 Å². The smallest absolute Gasteiger partial charge is 0.343 e. The minimum Gasteiger partial charge on any atom is -0.491 e. The first kappa shape index (κ1) is 18.8. The molecule has 25 heavy (non-hydrogen) atoms. The highest BCUT2D eigenvalue weighted by atomic mass is 35.5. The minimum atomic E-state index is -1.12. The molecule has 7 heteroatoms. The molecule has 0 radical (unpaired) electrons. The van der Waals surface area contributed by atoms with Crippen molar-refractivity contribution < 1.29 is 19.1 Å². The molecule has 3 aromatic rings. The maximum atomic E-state index is 11.6. The number of ether oxygens (including phenoxy) is 1. The Morgan fingerprint density at radius 3 is 2.68 bits per heavy atom. The van der Waals surface area contributed by atoms with E-state index in [1.54, 1.807) is 19.1 Å². The summed E-state index contributed by atoms with van der Waals surface area (Å²) in [5.74, 6) is -0.483. The monoisotopic (exact) mass is 362 g/mol. The van der Waals surface area contributed by atoms with Gasteiger partial charge in [0, 0.05) is 13.0 Å². The fraction of sp³-hybridized carbons (Fsp3) is 0.222. The molecule has 1 atom stereocenters. The minimum absolute atomic E-state index is 0. The number of aryl methyl sites for hydroxylation is 1. The molecule has 0 saturated heterocycles. The molecule has 132 valence electrons. The quantitative estimate of drug-likeness (QED) is 0.698. The Hall–Kier alpha value is -2.57. The third kappa shape index (κ3) is 4.29. The Kier molecular flexibility index (Phi) is 6.01. The summed E-state index contributed by atoms with van der Waals surface area (Å²) in [6.45, 7) is 1.87. The lowest BCUT2D eigenvalue weighted by Gasteiger charge is -2.14. The summed E-state index contributed by atoms with van der Waals surface area (Å²) in [7, 11) is 0. The Morgan fingerprint density at radius 1 is 1.28 bits per heavy atom. The van der Waals surface area contributed by atoms with Crippen molar-refractivity contribution in [3.8, 4) is 5.75 Å². The molecule has 1 aromatic heterocycles. The molecule has 0 fully saturated rings. The van der Waals surface area contributed by atoms with E-state index in [0.29, 0.717) is 17.8 Å². The van der Waals surface area contributed by atoms with E-state index in [2.05, 4.69) is 4.98 Å². The highest BCUT2D eigenvalue weighted by Gasteiger charge is 2.20. The molecule has 1 heterocycles. The van der Waals surface area contributed by atoms with Crippen LogP contribution in [0.1, 0.15) is 21.8 Å². The third-order valence-corrected chi connectivity index (χ3v) is 3.63. The van der Waals surface area contributed by atoms with Crippen LogP contribution in [0.2, 0.25) is 0 Å². The highest BCUT2D eigenvalue weighted by Crippen LogP contribution is 2.29. The second-order valence-corrected chi connectivity index (χ2v) is 5.59. The number of fused-ring (bicyclic) bond motifs is 1. The first-order chi connectivity index (χ1) is 11.5. The number of nitrogens with zero attached hydrogens (tertiary/aromatic N) is 1. The lowest BCUT2D eigenvalue weighted by Crippen LogP contribution is -2.30. The van der Waals surface area contributed by atoms with Gasteiger partial charge in [0.05, 0.1) is 0 Å². The number of nitrogens with two attached hydrogens (primary N) is 1. The zero-order chi connectivity index (χ0) is 17.1. The van der Waals surface area contributed by atoms with E-state index in [9.17, 15) is 9.90 Å². The van der Waals surface area contributed by atoms with E-state index >= 15 is 0 Å². The van der Waals surface area contributed by atoms with E-state index < -0.39 is 5.97 Å². The van der Waals surface area contributed by atoms with Gasteiger partial charge in [-0.3, -0.25) is 0 Å². The lowest BCUT2D eigenvalue weighted by atomic mass is 10.1. The van der Waals surface area contributed by atoms with Crippen LogP contribution in [0.5, 0.6) is 5.75 Å². The van der Waals surface area contributed by atoms with Crippen LogP contribution in [-0.2, 0) is 6.42 Å². The summed E-state index contributed by atoms with van der Waals surface area (Å²) >= 11 is 0. The average molecular weight is 363 g/mol. The van der Waals surface area contributed by atoms with Crippen LogP contribution in [0.15, 0.2) is 46.9 Å². The maximum absolute atomic E-state index is 11.6. The number of aromatic carboxylic acids is 1. The van der Waals surface area contributed by atoms with Crippen LogP contribution in [0, 0.1) is 6.92 Å². The van der Waals surface area contributed by atoms with Crippen molar-refractivity contribution in [2.24, 2.45) is 5.73 Å². The molecular weight excluding hydrogens is 344 g/mol. The molecular formula is C18H19ClN2O4. The van der Waals surface area contributed by atoms with E-state index in [-0.39, 0.29) is 42.0 Å². The molecule has 6 nitrogen and oxygen atoms in total. The zero-order valence-electron chi connectivity index (χ0n) is 13.6. The second kappa shape index (κ2) is 8.00. The van der Waals surface area contributed by atoms with Crippen molar-refractivity contribution >= 4 is 29.5 Å². The number of rotatable bonds is 6. The van der Waals surface area contributed by atoms with Gasteiger partial charge in [0.25, 0.3) is 0 Å². The van der Waals surface area contributed by atoms with Crippen LogP contribution in [0.4, 0.5) is 0 Å². The van der Waals surface area contributed by atoms with Crippen LogP contribution in [0.25, 0.3) is 11.1 Å². The highest BCUT2D eigenvalue weighted by molar-refractivity contribution is 6.02. The Bertz CT molecular complexity index is 864. The van der Waals surface area contributed by atoms with Gasteiger partial charge in [0.2, 0.25) is 0 Å². The van der Waals surface area contributed by atoms with Crippen LogP contribution < -0.4 is 10.5 Å². The van der Waals surface area contributed by atoms with Gasteiger partial charge in [-0.25, -0.2) is 9.78 Å². The first-order valence-electron chi connectivity index (χ1n) is 7.60. The average Bonchev–Trinajstić information content (AvgIpc) is 2.93. The standard InChI is InChI=1S/C18H18N2O4.ClH/c1-11-20-14-7-8-15(16(18(21)22)17(14)24-11)23-10-13(19)9-12-5-3-2-4-6-12;/h2-8,13H,9-10,19H2,1H3,(H,21,22);1H/t13-;/m1./s1. The molecule has 2 aromatic carbocycles. The summed E-state index contributed by atoms with van der Waals surface area (Å²) < 4.78 is 11.1. The fourth-order valence-electron chi connectivity index (χ4n) is 2.58. The van der Waals surface area contributed by atoms with Crippen molar-refractivity contribution in [3.05, 3.63) is 59.5 Å². The predicted molar refractivity (Wildman–Crippen MR) is 96.6 cm³/mol. The number of hydrogen-bond acceptors (Lipinski definition) is 5. The normalized spacial score (nSPS) is 11.8. The van der Waals surface area contributed by atoms with E-state index in [4.69, 9.17) is 14.9 Å². The summed E-state index contributed by atoms with van der Waals surface area (Å²) in [4.78, 5) is 15.7. The van der Waals surface area contributed by atoms with Crippen molar-refractivity contribution in [2.45, 2.75) is 19.4 Å². The largest absolute Gasteiger partial charge is 0.491 e. The Balaban J connectivity index is 0.00000225. The number of hydrogen-bond donors (Lipinski definition) is 2. The van der Waals surface area contributed by atoms with Gasteiger partial charge in [0.1, 0.15) is 23.4 Å². The predicted octanol–water partition coefficient (Wildman–Crippen LogP) is 3.21. The van der Waals surface area contributed by atoms with Crippen LogP contribution in [0.3, 0.4) is 0 Å². The molecule has 0 unspecified atom stereocenters. The van der Waals surface area contributed by atoms with Gasteiger partial charge < -0.3 is 20.0 Å². The van der Waals surface area contributed by atoms with Crippen LogP contribution >= 0.6 is 12.4 Å². The molecule has 0 aliphatic carbocycles.